The van der Waals surface area contributed by atoms with E-state index in [2.05, 4.69) is 4.72 Å². The second kappa shape index (κ2) is 11.3. The standard InChI is InChI=1S/C23H32FN3O6S/c1-14(2)20(16-10-17(24)12-18(11-16)33-13-15-7-8-15)27-34(31,32)9-5-3-4-6-19-21(28)25-23(30)26-22(19)29/h10-12,14-15,19-20,27H,3-9,13H2,1-2H3,(H2,25,26,28,29,30)/t20-/m1/s1. The van der Waals surface area contributed by atoms with Crippen molar-refractivity contribution in [2.75, 3.05) is 12.4 Å². The lowest BCUT2D eigenvalue weighted by molar-refractivity contribution is -0.136. The number of barbiturate groups is 1. The molecule has 3 rings (SSSR count). The molecule has 0 aromatic heterocycles. The van der Waals surface area contributed by atoms with Crippen molar-refractivity contribution >= 4 is 27.9 Å². The summed E-state index contributed by atoms with van der Waals surface area (Å²) in [6.07, 6.45) is 3.70. The summed E-state index contributed by atoms with van der Waals surface area (Å²) in [6.45, 7) is 4.24. The maximum absolute atomic E-state index is 14.2. The van der Waals surface area contributed by atoms with Gasteiger partial charge >= 0.3 is 6.03 Å². The average molecular weight is 498 g/mol. The zero-order chi connectivity index (χ0) is 24.9. The Kier molecular flexibility index (Phi) is 8.64. The molecule has 3 N–H and O–H groups in total. The summed E-state index contributed by atoms with van der Waals surface area (Å²) in [5.41, 5.74) is 0.508. The summed E-state index contributed by atoms with van der Waals surface area (Å²) in [5, 5.41) is 4.09. The molecule has 1 heterocycles. The fraction of sp³-hybridized carbons (Fsp3) is 0.609. The minimum atomic E-state index is -3.67. The Morgan fingerprint density at radius 3 is 2.35 bits per heavy atom. The van der Waals surface area contributed by atoms with Gasteiger partial charge in [0.2, 0.25) is 21.8 Å². The van der Waals surface area contributed by atoms with E-state index in [9.17, 15) is 27.2 Å². The summed E-state index contributed by atoms with van der Waals surface area (Å²) in [6, 6.07) is 2.87. The molecular formula is C23H32FN3O6S. The number of unbranched alkanes of at least 4 members (excludes halogenated alkanes) is 2. The van der Waals surface area contributed by atoms with Gasteiger partial charge in [0, 0.05) is 12.1 Å². The number of hydrogen-bond acceptors (Lipinski definition) is 6. The van der Waals surface area contributed by atoms with Crippen LogP contribution >= 0.6 is 0 Å². The normalized spacial score (nSPS) is 18.1. The van der Waals surface area contributed by atoms with Gasteiger partial charge in [0.15, 0.2) is 0 Å². The SMILES string of the molecule is CC(C)[C@@H](NS(=O)(=O)CCCCCC1C(=O)NC(=O)NC1=O)c1cc(F)cc(OCC2CC2)c1. The predicted molar refractivity (Wildman–Crippen MR) is 123 cm³/mol. The first-order valence-electron chi connectivity index (χ1n) is 11.6. The van der Waals surface area contributed by atoms with Crippen molar-refractivity contribution < 1.29 is 31.9 Å². The molecule has 1 aromatic carbocycles. The molecule has 0 spiro atoms. The summed E-state index contributed by atoms with van der Waals surface area (Å²) >= 11 is 0. The van der Waals surface area contributed by atoms with Crippen molar-refractivity contribution in [3.05, 3.63) is 29.6 Å². The van der Waals surface area contributed by atoms with E-state index >= 15 is 0 Å². The van der Waals surface area contributed by atoms with E-state index in [0.717, 1.165) is 12.8 Å². The largest absolute Gasteiger partial charge is 0.493 e. The zero-order valence-corrected chi connectivity index (χ0v) is 20.3. The number of halogens is 1. The summed E-state index contributed by atoms with van der Waals surface area (Å²) in [7, 11) is -3.67. The van der Waals surface area contributed by atoms with Crippen LogP contribution < -0.4 is 20.1 Å². The number of ether oxygens (including phenoxy) is 1. The van der Waals surface area contributed by atoms with Crippen LogP contribution in [0.1, 0.15) is 64.0 Å². The highest BCUT2D eigenvalue weighted by atomic mass is 32.2. The molecule has 2 aliphatic rings. The first-order chi connectivity index (χ1) is 16.0. The van der Waals surface area contributed by atoms with Gasteiger partial charge in [-0.3, -0.25) is 20.2 Å². The van der Waals surface area contributed by atoms with Crippen LogP contribution in [0.4, 0.5) is 9.18 Å². The van der Waals surface area contributed by atoms with Crippen LogP contribution in [0.3, 0.4) is 0 Å². The van der Waals surface area contributed by atoms with Gasteiger partial charge < -0.3 is 4.74 Å². The van der Waals surface area contributed by atoms with E-state index in [0.29, 0.717) is 43.1 Å². The fourth-order valence-corrected chi connectivity index (χ4v) is 5.31. The van der Waals surface area contributed by atoms with E-state index in [1.165, 1.54) is 12.1 Å². The van der Waals surface area contributed by atoms with E-state index in [1.807, 2.05) is 24.5 Å². The van der Waals surface area contributed by atoms with Crippen molar-refractivity contribution in [1.29, 1.82) is 0 Å². The molecule has 1 aliphatic heterocycles. The van der Waals surface area contributed by atoms with Gasteiger partial charge in [-0.15, -0.1) is 0 Å². The Morgan fingerprint density at radius 2 is 1.74 bits per heavy atom. The number of imide groups is 2. The van der Waals surface area contributed by atoms with Crippen LogP contribution in [0.2, 0.25) is 0 Å². The highest BCUT2D eigenvalue weighted by molar-refractivity contribution is 7.89. The van der Waals surface area contributed by atoms with Gasteiger partial charge in [-0.05, 0) is 55.2 Å². The van der Waals surface area contributed by atoms with Crippen molar-refractivity contribution in [2.45, 2.75) is 58.4 Å². The van der Waals surface area contributed by atoms with Crippen molar-refractivity contribution in [3.8, 4) is 5.75 Å². The topological polar surface area (TPSA) is 131 Å². The van der Waals surface area contributed by atoms with Gasteiger partial charge in [0.1, 0.15) is 17.5 Å². The van der Waals surface area contributed by atoms with Crippen LogP contribution in [0.15, 0.2) is 18.2 Å². The van der Waals surface area contributed by atoms with Gasteiger partial charge in [-0.25, -0.2) is 22.3 Å². The summed E-state index contributed by atoms with van der Waals surface area (Å²) in [5.74, 6) is -2.08. The van der Waals surface area contributed by atoms with E-state index in [-0.39, 0.29) is 18.1 Å². The van der Waals surface area contributed by atoms with E-state index < -0.39 is 45.6 Å². The molecule has 1 saturated carbocycles. The monoisotopic (exact) mass is 497 g/mol. The molecule has 11 heteroatoms. The number of rotatable bonds is 13. The predicted octanol–water partition coefficient (Wildman–Crippen LogP) is 2.77. The highest BCUT2D eigenvalue weighted by Crippen LogP contribution is 2.31. The molecule has 1 atom stereocenters. The van der Waals surface area contributed by atoms with Gasteiger partial charge in [0.05, 0.1) is 12.4 Å². The summed E-state index contributed by atoms with van der Waals surface area (Å²) < 4.78 is 48.0. The first-order valence-corrected chi connectivity index (χ1v) is 13.3. The number of nitrogens with one attached hydrogen (secondary N) is 3. The Balaban J connectivity index is 1.51. The highest BCUT2D eigenvalue weighted by Gasteiger charge is 2.33. The molecule has 188 valence electrons. The smallest absolute Gasteiger partial charge is 0.328 e. The van der Waals surface area contributed by atoms with Crippen LogP contribution in [0, 0.1) is 23.6 Å². The quantitative estimate of drug-likeness (QED) is 0.284. The maximum Gasteiger partial charge on any atom is 0.328 e. The molecule has 34 heavy (non-hydrogen) atoms. The zero-order valence-electron chi connectivity index (χ0n) is 19.4. The number of carbonyl (C=O) groups is 3. The molecule has 2 fully saturated rings. The summed E-state index contributed by atoms with van der Waals surface area (Å²) in [4.78, 5) is 34.6. The minimum Gasteiger partial charge on any atom is -0.493 e. The molecule has 4 amide bonds. The molecule has 0 radical (unpaired) electrons. The molecule has 1 aliphatic carbocycles. The van der Waals surface area contributed by atoms with Gasteiger partial charge in [-0.2, -0.15) is 0 Å². The number of amides is 4. The molecule has 1 aromatic rings. The Bertz CT molecular complexity index is 1010. The Hall–Kier alpha value is -2.53. The molecule has 1 saturated heterocycles. The van der Waals surface area contributed by atoms with Gasteiger partial charge in [-0.1, -0.05) is 26.7 Å². The first kappa shape index (κ1) is 26.1. The Morgan fingerprint density at radius 1 is 1.06 bits per heavy atom. The van der Waals surface area contributed by atoms with Crippen LogP contribution in [-0.4, -0.2) is 38.6 Å². The maximum atomic E-state index is 14.2. The number of sulfonamides is 1. The average Bonchev–Trinajstić information content (AvgIpc) is 3.56. The third kappa shape index (κ3) is 7.76. The lowest BCUT2D eigenvalue weighted by atomic mass is 9.97. The van der Waals surface area contributed by atoms with Crippen LogP contribution in [0.5, 0.6) is 5.75 Å². The number of benzene rings is 1. The third-order valence-corrected chi connectivity index (χ3v) is 7.36. The lowest BCUT2D eigenvalue weighted by Crippen LogP contribution is -2.55. The molecular weight excluding hydrogens is 465 g/mol. The molecule has 9 nitrogen and oxygen atoms in total. The number of carbonyl (C=O) groups excluding carboxylic acids is 3. The van der Waals surface area contributed by atoms with E-state index in [1.54, 1.807) is 6.07 Å². The van der Waals surface area contributed by atoms with Crippen molar-refractivity contribution in [2.24, 2.45) is 17.8 Å². The Labute approximate surface area is 199 Å². The van der Waals surface area contributed by atoms with E-state index in [4.69, 9.17) is 4.74 Å². The second-order valence-electron chi connectivity index (χ2n) is 9.34. The molecule has 0 unspecified atom stereocenters. The lowest BCUT2D eigenvalue weighted by Gasteiger charge is -2.23. The van der Waals surface area contributed by atoms with Crippen LogP contribution in [-0.2, 0) is 19.6 Å². The third-order valence-electron chi connectivity index (χ3n) is 5.92. The van der Waals surface area contributed by atoms with Crippen molar-refractivity contribution in [1.82, 2.24) is 15.4 Å². The number of hydrogen-bond donors (Lipinski definition) is 3. The van der Waals surface area contributed by atoms with Crippen molar-refractivity contribution in [3.63, 3.8) is 0 Å². The van der Waals surface area contributed by atoms with Crippen LogP contribution in [0.25, 0.3) is 0 Å². The molecule has 0 bridgehead atoms. The number of urea groups is 1. The fourth-order valence-electron chi connectivity index (χ4n) is 3.82. The second-order valence-corrected chi connectivity index (χ2v) is 11.2. The minimum absolute atomic E-state index is 0.126. The van der Waals surface area contributed by atoms with Gasteiger partial charge in [0.25, 0.3) is 0 Å².